The van der Waals surface area contributed by atoms with E-state index in [2.05, 4.69) is 10.3 Å². The number of pyridine rings is 1. The van der Waals surface area contributed by atoms with Crippen LogP contribution in [-0.2, 0) is 0 Å². The van der Waals surface area contributed by atoms with Crippen molar-refractivity contribution >= 4 is 11.5 Å². The van der Waals surface area contributed by atoms with E-state index in [-0.39, 0.29) is 17.5 Å². The molecule has 1 rings (SSSR count). The van der Waals surface area contributed by atoms with Crippen LogP contribution in [0.15, 0.2) is 12.3 Å². The normalized spacial score (nSPS) is 14.1. The number of aryl methyl sites for hydroxylation is 1. The first kappa shape index (κ1) is 13.4. The van der Waals surface area contributed by atoms with Crippen molar-refractivity contribution in [3.05, 3.63) is 27.9 Å². The number of hydrogen-bond acceptors (Lipinski definition) is 5. The molecule has 17 heavy (non-hydrogen) atoms. The van der Waals surface area contributed by atoms with E-state index in [0.717, 1.165) is 5.56 Å². The molecular formula is C11H17N3O3. The van der Waals surface area contributed by atoms with Gasteiger partial charge in [-0.3, -0.25) is 10.1 Å². The maximum atomic E-state index is 10.9. The van der Waals surface area contributed by atoms with Crippen molar-refractivity contribution in [2.45, 2.75) is 39.3 Å². The number of anilines is 1. The zero-order valence-electron chi connectivity index (χ0n) is 10.2. The Balaban J connectivity index is 2.86. The van der Waals surface area contributed by atoms with Gasteiger partial charge >= 0.3 is 5.69 Å². The third-order valence-corrected chi connectivity index (χ3v) is 2.28. The van der Waals surface area contributed by atoms with Crippen LogP contribution in [0.5, 0.6) is 0 Å². The molecule has 1 heterocycles. The lowest BCUT2D eigenvalue weighted by molar-refractivity contribution is -0.384. The van der Waals surface area contributed by atoms with Crippen molar-refractivity contribution in [1.29, 1.82) is 0 Å². The number of rotatable bonds is 5. The van der Waals surface area contributed by atoms with Crippen molar-refractivity contribution in [3.8, 4) is 0 Å². The quantitative estimate of drug-likeness (QED) is 0.605. The summed E-state index contributed by atoms with van der Waals surface area (Å²) in [5, 5.41) is 23.0. The Hall–Kier alpha value is -1.69. The average Bonchev–Trinajstić information content (AvgIpc) is 2.19. The second-order valence-corrected chi connectivity index (χ2v) is 4.27. The molecule has 2 unspecified atom stereocenters. The molecule has 0 fully saturated rings. The van der Waals surface area contributed by atoms with E-state index in [1.165, 1.54) is 6.07 Å². The Morgan fingerprint density at radius 2 is 2.24 bits per heavy atom. The van der Waals surface area contributed by atoms with Crippen molar-refractivity contribution in [1.82, 2.24) is 4.98 Å². The summed E-state index contributed by atoms with van der Waals surface area (Å²) in [4.78, 5) is 14.4. The first-order valence-corrected chi connectivity index (χ1v) is 5.45. The fourth-order valence-corrected chi connectivity index (χ4v) is 1.61. The maximum Gasteiger partial charge on any atom is 0.311 e. The fraction of sp³-hybridized carbons (Fsp3) is 0.545. The minimum Gasteiger partial charge on any atom is -0.393 e. The van der Waals surface area contributed by atoms with Gasteiger partial charge in [-0.1, -0.05) is 0 Å². The third kappa shape index (κ3) is 3.99. The molecule has 6 heteroatoms. The molecule has 0 saturated heterocycles. The smallest absolute Gasteiger partial charge is 0.311 e. The number of aromatic nitrogens is 1. The summed E-state index contributed by atoms with van der Waals surface area (Å²) in [7, 11) is 0. The standard InChI is InChI=1S/C11H17N3O3/c1-7-4-10(14(16)17)11(12-6-7)13-8(2)5-9(3)15/h4,6,8-9,15H,5H2,1-3H3,(H,12,13). The topological polar surface area (TPSA) is 88.3 Å². The van der Waals surface area contributed by atoms with E-state index < -0.39 is 11.0 Å². The minimum atomic E-state index is -0.461. The van der Waals surface area contributed by atoms with Gasteiger partial charge in [0.15, 0.2) is 0 Å². The molecule has 1 aromatic rings. The van der Waals surface area contributed by atoms with Crippen LogP contribution < -0.4 is 5.32 Å². The van der Waals surface area contributed by atoms with Gasteiger partial charge in [0.2, 0.25) is 5.82 Å². The monoisotopic (exact) mass is 239 g/mol. The molecule has 0 saturated carbocycles. The second kappa shape index (κ2) is 5.58. The van der Waals surface area contributed by atoms with Gasteiger partial charge in [-0.05, 0) is 32.8 Å². The summed E-state index contributed by atoms with van der Waals surface area (Å²) in [6.45, 7) is 5.27. The first-order valence-electron chi connectivity index (χ1n) is 5.45. The Morgan fingerprint density at radius 1 is 1.59 bits per heavy atom. The van der Waals surface area contributed by atoms with E-state index in [0.29, 0.717) is 6.42 Å². The molecule has 0 aliphatic heterocycles. The Bertz CT molecular complexity index is 407. The molecule has 6 nitrogen and oxygen atoms in total. The van der Waals surface area contributed by atoms with E-state index in [4.69, 9.17) is 0 Å². The highest BCUT2D eigenvalue weighted by Crippen LogP contribution is 2.23. The van der Waals surface area contributed by atoms with Crippen LogP contribution in [0.25, 0.3) is 0 Å². The maximum absolute atomic E-state index is 10.9. The van der Waals surface area contributed by atoms with Crippen molar-refractivity contribution in [3.63, 3.8) is 0 Å². The van der Waals surface area contributed by atoms with Gasteiger partial charge in [0.1, 0.15) is 0 Å². The van der Waals surface area contributed by atoms with E-state index >= 15 is 0 Å². The lowest BCUT2D eigenvalue weighted by atomic mass is 10.1. The van der Waals surface area contributed by atoms with Crippen LogP contribution in [0.2, 0.25) is 0 Å². The molecular weight excluding hydrogens is 222 g/mol. The van der Waals surface area contributed by atoms with Gasteiger partial charge in [-0.25, -0.2) is 4.98 Å². The Kier molecular flexibility index (Phi) is 4.39. The predicted octanol–water partition coefficient (Wildman–Crippen LogP) is 1.87. The predicted molar refractivity (Wildman–Crippen MR) is 65.0 cm³/mol. The molecule has 0 aliphatic carbocycles. The van der Waals surface area contributed by atoms with Gasteiger partial charge in [0.05, 0.1) is 11.0 Å². The average molecular weight is 239 g/mol. The summed E-state index contributed by atoms with van der Waals surface area (Å²) >= 11 is 0. The lowest BCUT2D eigenvalue weighted by Gasteiger charge is -2.15. The molecule has 2 N–H and O–H groups in total. The van der Waals surface area contributed by atoms with E-state index in [1.807, 2.05) is 6.92 Å². The summed E-state index contributed by atoms with van der Waals surface area (Å²) in [5.41, 5.74) is 0.702. The fourth-order valence-electron chi connectivity index (χ4n) is 1.61. The molecule has 1 aromatic heterocycles. The molecule has 0 spiro atoms. The molecule has 0 bridgehead atoms. The lowest BCUT2D eigenvalue weighted by Crippen LogP contribution is -2.21. The van der Waals surface area contributed by atoms with Crippen LogP contribution in [0.3, 0.4) is 0 Å². The largest absolute Gasteiger partial charge is 0.393 e. The van der Waals surface area contributed by atoms with E-state index in [9.17, 15) is 15.2 Å². The number of nitro groups is 1. The highest BCUT2D eigenvalue weighted by atomic mass is 16.6. The number of nitrogens with zero attached hydrogens (tertiary/aromatic N) is 2. The first-order chi connectivity index (χ1) is 7.90. The van der Waals surface area contributed by atoms with Gasteiger partial charge in [-0.15, -0.1) is 0 Å². The molecule has 0 radical (unpaired) electrons. The summed E-state index contributed by atoms with van der Waals surface area (Å²) in [6.07, 6.45) is 1.62. The molecule has 0 aromatic carbocycles. The van der Waals surface area contributed by atoms with Crippen LogP contribution in [0.1, 0.15) is 25.8 Å². The zero-order chi connectivity index (χ0) is 13.0. The Morgan fingerprint density at radius 3 is 2.76 bits per heavy atom. The van der Waals surface area contributed by atoms with Crippen LogP contribution in [0, 0.1) is 17.0 Å². The van der Waals surface area contributed by atoms with Gasteiger partial charge in [-0.2, -0.15) is 0 Å². The van der Waals surface area contributed by atoms with E-state index in [1.54, 1.807) is 20.0 Å². The van der Waals surface area contributed by atoms with Gasteiger partial charge in [0.25, 0.3) is 0 Å². The molecule has 2 atom stereocenters. The third-order valence-electron chi connectivity index (χ3n) is 2.28. The van der Waals surface area contributed by atoms with Crippen molar-refractivity contribution < 1.29 is 10.0 Å². The van der Waals surface area contributed by atoms with Crippen molar-refractivity contribution in [2.24, 2.45) is 0 Å². The number of aliphatic hydroxyl groups excluding tert-OH is 1. The summed E-state index contributed by atoms with van der Waals surface area (Å²) in [6, 6.07) is 1.40. The number of hydrogen-bond donors (Lipinski definition) is 2. The molecule has 0 aliphatic rings. The zero-order valence-corrected chi connectivity index (χ0v) is 10.2. The second-order valence-electron chi connectivity index (χ2n) is 4.27. The Labute approximate surface area is 99.8 Å². The van der Waals surface area contributed by atoms with Crippen LogP contribution in [0.4, 0.5) is 11.5 Å². The minimum absolute atomic E-state index is 0.0394. The summed E-state index contributed by atoms with van der Waals surface area (Å²) < 4.78 is 0. The number of nitrogens with one attached hydrogen (secondary N) is 1. The van der Waals surface area contributed by atoms with Gasteiger partial charge < -0.3 is 10.4 Å². The highest BCUT2D eigenvalue weighted by Gasteiger charge is 2.17. The van der Waals surface area contributed by atoms with Gasteiger partial charge in [0, 0.05) is 18.3 Å². The highest BCUT2D eigenvalue weighted by molar-refractivity contribution is 5.56. The summed E-state index contributed by atoms with van der Waals surface area (Å²) in [5.74, 6) is 0.244. The molecule has 94 valence electrons. The SMILES string of the molecule is Cc1cnc(NC(C)CC(C)O)c([N+](=O)[O-])c1. The number of aliphatic hydroxyl groups is 1. The van der Waals surface area contributed by atoms with Crippen molar-refractivity contribution in [2.75, 3.05) is 5.32 Å². The van der Waals surface area contributed by atoms with Crippen LogP contribution in [-0.4, -0.2) is 27.2 Å². The van der Waals surface area contributed by atoms with Crippen LogP contribution >= 0.6 is 0 Å². The molecule has 0 amide bonds.